The van der Waals surface area contributed by atoms with Crippen molar-refractivity contribution in [3.63, 3.8) is 0 Å². The first-order valence-corrected chi connectivity index (χ1v) is 7.77. The summed E-state index contributed by atoms with van der Waals surface area (Å²) in [6, 6.07) is 19.3. The molecular formula is C20H24N2. The number of nitriles is 1. The quantitative estimate of drug-likeness (QED) is 0.797. The molecule has 2 heteroatoms. The molecule has 2 rings (SSSR count). The van der Waals surface area contributed by atoms with Crippen LogP contribution in [0, 0.1) is 11.3 Å². The third-order valence-electron chi connectivity index (χ3n) is 4.03. The summed E-state index contributed by atoms with van der Waals surface area (Å²) in [5, 5.41) is 9.55. The van der Waals surface area contributed by atoms with Gasteiger partial charge < -0.3 is 4.90 Å². The van der Waals surface area contributed by atoms with Crippen molar-refractivity contribution in [1.82, 2.24) is 0 Å². The van der Waals surface area contributed by atoms with Crippen LogP contribution in [0.3, 0.4) is 0 Å². The first kappa shape index (κ1) is 16.1. The van der Waals surface area contributed by atoms with E-state index in [0.29, 0.717) is 5.92 Å². The van der Waals surface area contributed by atoms with E-state index in [1.165, 1.54) is 11.1 Å². The second-order valence-electron chi connectivity index (χ2n) is 6.27. The van der Waals surface area contributed by atoms with Gasteiger partial charge in [0.2, 0.25) is 0 Å². The van der Waals surface area contributed by atoms with E-state index in [1.807, 2.05) is 26.2 Å². The summed E-state index contributed by atoms with van der Waals surface area (Å²) in [4.78, 5) is 2.06. The average Bonchev–Trinajstić information content (AvgIpc) is 2.53. The second-order valence-corrected chi connectivity index (χ2v) is 6.27. The Hall–Kier alpha value is -2.27. The zero-order chi connectivity index (χ0) is 16.1. The SMILES string of the molecule is CC(C)c1ccc(CC(C#N)c2cccc(N(C)C)c2)cc1. The predicted molar refractivity (Wildman–Crippen MR) is 93.4 cm³/mol. The topological polar surface area (TPSA) is 27.0 Å². The van der Waals surface area contributed by atoms with Gasteiger partial charge in [-0.15, -0.1) is 0 Å². The fourth-order valence-corrected chi connectivity index (χ4v) is 2.53. The van der Waals surface area contributed by atoms with Crippen molar-refractivity contribution >= 4 is 5.69 Å². The molecule has 1 unspecified atom stereocenters. The van der Waals surface area contributed by atoms with E-state index in [0.717, 1.165) is 17.7 Å². The van der Waals surface area contributed by atoms with Gasteiger partial charge in [-0.25, -0.2) is 0 Å². The number of hydrogen-bond donors (Lipinski definition) is 0. The maximum absolute atomic E-state index is 9.55. The van der Waals surface area contributed by atoms with Gasteiger partial charge in [0, 0.05) is 19.8 Å². The summed E-state index contributed by atoms with van der Waals surface area (Å²) in [5.41, 5.74) is 4.77. The van der Waals surface area contributed by atoms with Gasteiger partial charge in [-0.2, -0.15) is 5.26 Å². The van der Waals surface area contributed by atoms with Crippen molar-refractivity contribution in [1.29, 1.82) is 5.26 Å². The van der Waals surface area contributed by atoms with Gasteiger partial charge in [-0.3, -0.25) is 0 Å². The van der Waals surface area contributed by atoms with E-state index in [-0.39, 0.29) is 5.92 Å². The average molecular weight is 292 g/mol. The molecule has 0 saturated heterocycles. The van der Waals surface area contributed by atoms with Crippen LogP contribution in [-0.2, 0) is 6.42 Å². The van der Waals surface area contributed by atoms with Crippen LogP contribution >= 0.6 is 0 Å². The largest absolute Gasteiger partial charge is 0.378 e. The molecule has 114 valence electrons. The Labute approximate surface area is 134 Å². The highest BCUT2D eigenvalue weighted by Crippen LogP contribution is 2.25. The van der Waals surface area contributed by atoms with Gasteiger partial charge in [0.05, 0.1) is 12.0 Å². The molecule has 0 bridgehead atoms. The summed E-state index contributed by atoms with van der Waals surface area (Å²) in [6.07, 6.45) is 0.756. The number of nitrogens with zero attached hydrogens (tertiary/aromatic N) is 2. The molecule has 0 fully saturated rings. The van der Waals surface area contributed by atoms with Crippen LogP contribution in [0.25, 0.3) is 0 Å². The summed E-state index contributed by atoms with van der Waals surface area (Å²) in [6.45, 7) is 4.39. The van der Waals surface area contributed by atoms with Gasteiger partial charge in [-0.05, 0) is 41.2 Å². The van der Waals surface area contributed by atoms with E-state index in [9.17, 15) is 5.26 Å². The van der Waals surface area contributed by atoms with Gasteiger partial charge in [0.1, 0.15) is 0 Å². The lowest BCUT2D eigenvalue weighted by molar-refractivity contribution is 0.838. The number of benzene rings is 2. The standard InChI is InChI=1S/C20H24N2/c1-15(2)17-10-8-16(9-11-17)12-19(14-21)18-6-5-7-20(13-18)22(3)4/h5-11,13,15,19H,12H2,1-4H3. The van der Waals surface area contributed by atoms with Gasteiger partial charge in [0.15, 0.2) is 0 Å². The van der Waals surface area contributed by atoms with Gasteiger partial charge >= 0.3 is 0 Å². The fourth-order valence-electron chi connectivity index (χ4n) is 2.53. The van der Waals surface area contributed by atoms with Crippen molar-refractivity contribution in [3.8, 4) is 6.07 Å². The lowest BCUT2D eigenvalue weighted by Crippen LogP contribution is -2.09. The Balaban J connectivity index is 2.19. The molecule has 0 radical (unpaired) electrons. The first-order chi connectivity index (χ1) is 10.5. The van der Waals surface area contributed by atoms with E-state index in [4.69, 9.17) is 0 Å². The lowest BCUT2D eigenvalue weighted by atomic mass is 9.91. The Morgan fingerprint density at radius 1 is 1.00 bits per heavy atom. The minimum Gasteiger partial charge on any atom is -0.378 e. The normalized spacial score (nSPS) is 12.0. The van der Waals surface area contributed by atoms with Crippen LogP contribution in [0.15, 0.2) is 48.5 Å². The van der Waals surface area contributed by atoms with Crippen LogP contribution in [0.5, 0.6) is 0 Å². The zero-order valence-corrected chi connectivity index (χ0v) is 13.9. The van der Waals surface area contributed by atoms with E-state index >= 15 is 0 Å². The van der Waals surface area contributed by atoms with Crippen molar-refractivity contribution in [2.75, 3.05) is 19.0 Å². The van der Waals surface area contributed by atoms with E-state index in [1.54, 1.807) is 0 Å². The van der Waals surface area contributed by atoms with Crippen molar-refractivity contribution < 1.29 is 0 Å². The molecule has 0 aliphatic heterocycles. The fraction of sp³-hybridized carbons (Fsp3) is 0.350. The van der Waals surface area contributed by atoms with Crippen LogP contribution < -0.4 is 4.90 Å². The maximum Gasteiger partial charge on any atom is 0.0753 e. The Kier molecular flexibility index (Phi) is 5.22. The molecular weight excluding hydrogens is 268 g/mol. The molecule has 0 amide bonds. The maximum atomic E-state index is 9.55. The lowest BCUT2D eigenvalue weighted by Gasteiger charge is -2.16. The van der Waals surface area contributed by atoms with Crippen LogP contribution in [0.2, 0.25) is 0 Å². The Morgan fingerprint density at radius 2 is 1.68 bits per heavy atom. The van der Waals surface area contributed by atoms with Crippen molar-refractivity contribution in [2.24, 2.45) is 0 Å². The second kappa shape index (κ2) is 7.13. The molecule has 2 aromatic carbocycles. The molecule has 0 spiro atoms. The van der Waals surface area contributed by atoms with Crippen LogP contribution in [0.1, 0.15) is 42.4 Å². The molecule has 2 aromatic rings. The summed E-state index contributed by atoms with van der Waals surface area (Å²) in [5.74, 6) is 0.433. The Bertz CT molecular complexity index is 648. The molecule has 2 nitrogen and oxygen atoms in total. The first-order valence-electron chi connectivity index (χ1n) is 7.77. The highest BCUT2D eigenvalue weighted by Gasteiger charge is 2.13. The third kappa shape index (κ3) is 3.89. The highest BCUT2D eigenvalue weighted by molar-refractivity contribution is 5.49. The molecule has 0 aliphatic carbocycles. The number of rotatable bonds is 5. The summed E-state index contributed by atoms with van der Waals surface area (Å²) < 4.78 is 0. The smallest absolute Gasteiger partial charge is 0.0753 e. The van der Waals surface area contributed by atoms with E-state index in [2.05, 4.69) is 61.2 Å². The number of anilines is 1. The molecule has 0 aromatic heterocycles. The molecule has 0 N–H and O–H groups in total. The van der Waals surface area contributed by atoms with Crippen LogP contribution in [0.4, 0.5) is 5.69 Å². The Morgan fingerprint density at radius 3 is 2.23 bits per heavy atom. The number of hydrogen-bond acceptors (Lipinski definition) is 2. The molecule has 22 heavy (non-hydrogen) atoms. The zero-order valence-electron chi connectivity index (χ0n) is 13.9. The minimum atomic E-state index is -0.107. The highest BCUT2D eigenvalue weighted by atomic mass is 15.1. The monoisotopic (exact) mass is 292 g/mol. The minimum absolute atomic E-state index is 0.107. The summed E-state index contributed by atoms with van der Waals surface area (Å²) in [7, 11) is 4.04. The van der Waals surface area contributed by atoms with Crippen molar-refractivity contribution in [2.45, 2.75) is 32.1 Å². The van der Waals surface area contributed by atoms with Gasteiger partial charge in [-0.1, -0.05) is 50.2 Å². The molecule has 0 saturated carbocycles. The third-order valence-corrected chi connectivity index (χ3v) is 4.03. The van der Waals surface area contributed by atoms with E-state index < -0.39 is 0 Å². The predicted octanol–water partition coefficient (Wildman–Crippen LogP) is 4.73. The van der Waals surface area contributed by atoms with Crippen molar-refractivity contribution in [3.05, 3.63) is 65.2 Å². The summed E-state index contributed by atoms with van der Waals surface area (Å²) >= 11 is 0. The van der Waals surface area contributed by atoms with Crippen LogP contribution in [-0.4, -0.2) is 14.1 Å². The van der Waals surface area contributed by atoms with Gasteiger partial charge in [0.25, 0.3) is 0 Å². The molecule has 0 aliphatic rings. The molecule has 1 atom stereocenters. The molecule has 0 heterocycles.